The smallest absolute Gasteiger partial charge is 0.226 e. The number of nitrogens with one attached hydrogen (secondary N) is 1. The molecule has 19 heavy (non-hydrogen) atoms. The summed E-state index contributed by atoms with van der Waals surface area (Å²) in [4.78, 5) is 12.5. The van der Waals surface area contributed by atoms with E-state index < -0.39 is 0 Å². The van der Waals surface area contributed by atoms with Gasteiger partial charge in [0.25, 0.3) is 0 Å². The van der Waals surface area contributed by atoms with Crippen molar-refractivity contribution in [3.8, 4) is 0 Å². The minimum Gasteiger partial charge on any atom is -0.377 e. The summed E-state index contributed by atoms with van der Waals surface area (Å²) in [6.07, 6.45) is 6.61. The Morgan fingerprint density at radius 2 is 2.26 bits per heavy atom. The third-order valence-electron chi connectivity index (χ3n) is 4.68. The van der Waals surface area contributed by atoms with Crippen LogP contribution in [0.25, 0.3) is 0 Å². The van der Waals surface area contributed by atoms with E-state index in [4.69, 9.17) is 4.74 Å². The van der Waals surface area contributed by atoms with Crippen molar-refractivity contribution in [1.82, 2.24) is 5.32 Å². The third-order valence-corrected chi connectivity index (χ3v) is 5.76. The first-order valence-corrected chi connectivity index (χ1v) is 8.72. The van der Waals surface area contributed by atoms with E-state index in [1.165, 1.54) is 12.8 Å². The molecule has 0 radical (unpaired) electrons. The number of hydrogen-bond acceptors (Lipinski definition) is 2. The Bertz CT molecular complexity index is 323. The first kappa shape index (κ1) is 15.3. The lowest BCUT2D eigenvalue weighted by atomic mass is 9.77. The second kappa shape index (κ2) is 6.57. The zero-order valence-corrected chi connectivity index (χ0v) is 13.7. The van der Waals surface area contributed by atoms with Crippen LogP contribution >= 0.6 is 15.9 Å². The number of halogens is 1. The number of amides is 1. The summed E-state index contributed by atoms with van der Waals surface area (Å²) in [6, 6.07) is 0. The highest BCUT2D eigenvalue weighted by molar-refractivity contribution is 9.09. The Hall–Kier alpha value is -0.0900. The monoisotopic (exact) mass is 331 g/mol. The highest BCUT2D eigenvalue weighted by atomic mass is 79.9. The van der Waals surface area contributed by atoms with Gasteiger partial charge >= 0.3 is 0 Å². The fourth-order valence-electron chi connectivity index (χ4n) is 3.63. The number of carbonyl (C=O) groups is 1. The molecular weight excluding hydrogens is 306 g/mol. The van der Waals surface area contributed by atoms with Crippen molar-refractivity contribution in [1.29, 1.82) is 0 Å². The van der Waals surface area contributed by atoms with E-state index in [0.29, 0.717) is 5.92 Å². The van der Waals surface area contributed by atoms with Gasteiger partial charge in [-0.25, -0.2) is 0 Å². The molecule has 2 aliphatic rings. The molecule has 1 amide bonds. The van der Waals surface area contributed by atoms with Crippen molar-refractivity contribution >= 4 is 21.8 Å². The maximum atomic E-state index is 12.5. The zero-order chi connectivity index (χ0) is 13.9. The lowest BCUT2D eigenvalue weighted by Crippen LogP contribution is -2.54. The van der Waals surface area contributed by atoms with Gasteiger partial charge < -0.3 is 10.1 Å². The Balaban J connectivity index is 1.99. The number of ether oxygens (including phenoxy) is 1. The van der Waals surface area contributed by atoms with Crippen LogP contribution in [0.3, 0.4) is 0 Å². The van der Waals surface area contributed by atoms with Crippen LogP contribution in [0.15, 0.2) is 0 Å². The van der Waals surface area contributed by atoms with Crippen LogP contribution in [0, 0.1) is 11.8 Å². The van der Waals surface area contributed by atoms with Crippen molar-refractivity contribution < 1.29 is 9.53 Å². The van der Waals surface area contributed by atoms with Crippen LogP contribution in [0.5, 0.6) is 0 Å². The maximum absolute atomic E-state index is 12.5. The molecule has 2 fully saturated rings. The standard InChI is InChI=1S/C15H26BrNO2/c1-3-13-12(6-8-19-13)14(18)17-15(10-16)7-4-5-11(2)9-15/h11-13H,3-10H2,1-2H3,(H,17,18). The lowest BCUT2D eigenvalue weighted by molar-refractivity contribution is -0.129. The molecule has 1 heterocycles. The second-order valence-electron chi connectivity index (χ2n) is 6.32. The largest absolute Gasteiger partial charge is 0.377 e. The molecule has 0 aromatic carbocycles. The van der Waals surface area contributed by atoms with Gasteiger partial charge in [-0.05, 0) is 31.6 Å². The maximum Gasteiger partial charge on any atom is 0.226 e. The van der Waals surface area contributed by atoms with Crippen LogP contribution in [-0.4, -0.2) is 29.5 Å². The van der Waals surface area contributed by atoms with Crippen molar-refractivity contribution in [3.05, 3.63) is 0 Å². The molecule has 0 spiro atoms. The van der Waals surface area contributed by atoms with Crippen molar-refractivity contribution in [2.75, 3.05) is 11.9 Å². The molecule has 4 unspecified atom stereocenters. The van der Waals surface area contributed by atoms with Crippen LogP contribution in [0.2, 0.25) is 0 Å². The molecule has 0 aromatic rings. The number of alkyl halides is 1. The topological polar surface area (TPSA) is 38.3 Å². The highest BCUT2D eigenvalue weighted by Gasteiger charge is 2.39. The Labute approximate surface area is 125 Å². The van der Waals surface area contributed by atoms with Crippen LogP contribution in [0.4, 0.5) is 0 Å². The Morgan fingerprint density at radius 1 is 1.47 bits per heavy atom. The number of carbonyl (C=O) groups excluding carboxylic acids is 1. The van der Waals surface area contributed by atoms with E-state index >= 15 is 0 Å². The molecule has 1 saturated carbocycles. The summed E-state index contributed by atoms with van der Waals surface area (Å²) in [5.74, 6) is 0.962. The molecule has 1 saturated heterocycles. The minimum absolute atomic E-state index is 0.0321. The molecule has 1 N–H and O–H groups in total. The molecule has 4 atom stereocenters. The van der Waals surface area contributed by atoms with Gasteiger partial charge in [0.05, 0.1) is 12.0 Å². The van der Waals surface area contributed by atoms with E-state index in [-0.39, 0.29) is 23.5 Å². The van der Waals surface area contributed by atoms with Crippen LogP contribution in [0.1, 0.15) is 52.4 Å². The Morgan fingerprint density at radius 3 is 2.89 bits per heavy atom. The fourth-order valence-corrected chi connectivity index (χ4v) is 4.28. The molecule has 4 heteroatoms. The van der Waals surface area contributed by atoms with E-state index in [1.807, 2.05) is 0 Å². The molecule has 0 aromatic heterocycles. The van der Waals surface area contributed by atoms with Crippen molar-refractivity contribution in [2.24, 2.45) is 11.8 Å². The van der Waals surface area contributed by atoms with E-state index in [0.717, 1.165) is 37.6 Å². The first-order valence-electron chi connectivity index (χ1n) is 7.60. The lowest BCUT2D eigenvalue weighted by Gasteiger charge is -2.40. The molecule has 3 nitrogen and oxygen atoms in total. The zero-order valence-electron chi connectivity index (χ0n) is 12.1. The van der Waals surface area contributed by atoms with E-state index in [1.54, 1.807) is 0 Å². The average molecular weight is 332 g/mol. The van der Waals surface area contributed by atoms with Gasteiger partial charge in [0.15, 0.2) is 0 Å². The van der Waals surface area contributed by atoms with Crippen molar-refractivity contribution in [3.63, 3.8) is 0 Å². The van der Waals surface area contributed by atoms with E-state index in [2.05, 4.69) is 35.1 Å². The minimum atomic E-state index is -0.0321. The third kappa shape index (κ3) is 3.52. The second-order valence-corrected chi connectivity index (χ2v) is 6.88. The SMILES string of the molecule is CCC1OCCC1C(=O)NC1(CBr)CCCC(C)C1. The summed E-state index contributed by atoms with van der Waals surface area (Å²) in [5, 5.41) is 4.21. The summed E-state index contributed by atoms with van der Waals surface area (Å²) in [7, 11) is 0. The molecule has 2 rings (SSSR count). The van der Waals surface area contributed by atoms with E-state index in [9.17, 15) is 4.79 Å². The number of hydrogen-bond donors (Lipinski definition) is 1. The van der Waals surface area contributed by atoms with Crippen molar-refractivity contribution in [2.45, 2.75) is 64.0 Å². The van der Waals surface area contributed by atoms with Gasteiger partial charge in [-0.3, -0.25) is 4.79 Å². The average Bonchev–Trinajstić information content (AvgIpc) is 2.87. The molecule has 110 valence electrons. The molecule has 1 aliphatic heterocycles. The highest BCUT2D eigenvalue weighted by Crippen LogP contribution is 2.34. The summed E-state index contributed by atoms with van der Waals surface area (Å²) >= 11 is 3.62. The predicted octanol–water partition coefficient (Wildman–Crippen LogP) is 3.26. The predicted molar refractivity (Wildman–Crippen MR) is 80.4 cm³/mol. The van der Waals surface area contributed by atoms with Gasteiger partial charge in [-0.1, -0.05) is 42.6 Å². The first-order chi connectivity index (χ1) is 9.10. The Kier molecular flexibility index (Phi) is 5.29. The summed E-state index contributed by atoms with van der Waals surface area (Å²) < 4.78 is 5.64. The molecular formula is C15H26BrNO2. The molecule has 1 aliphatic carbocycles. The number of rotatable bonds is 4. The van der Waals surface area contributed by atoms with Gasteiger partial charge in [-0.2, -0.15) is 0 Å². The fraction of sp³-hybridized carbons (Fsp3) is 0.933. The molecule has 0 bridgehead atoms. The van der Waals surface area contributed by atoms with Gasteiger partial charge in [-0.15, -0.1) is 0 Å². The summed E-state index contributed by atoms with van der Waals surface area (Å²) in [6.45, 7) is 5.11. The van der Waals surface area contributed by atoms with Gasteiger partial charge in [0.1, 0.15) is 0 Å². The van der Waals surface area contributed by atoms with Crippen LogP contribution in [-0.2, 0) is 9.53 Å². The summed E-state index contributed by atoms with van der Waals surface area (Å²) in [5.41, 5.74) is -0.0321. The normalized spacial score (nSPS) is 39.2. The van der Waals surface area contributed by atoms with Gasteiger partial charge in [0, 0.05) is 17.5 Å². The van der Waals surface area contributed by atoms with Gasteiger partial charge in [0.2, 0.25) is 5.91 Å². The quantitative estimate of drug-likeness (QED) is 0.803. The van der Waals surface area contributed by atoms with Crippen LogP contribution < -0.4 is 5.32 Å².